The van der Waals surface area contributed by atoms with Crippen molar-refractivity contribution in [3.63, 3.8) is 0 Å². The van der Waals surface area contributed by atoms with Crippen LogP contribution in [0.25, 0.3) is 0 Å². The highest BCUT2D eigenvalue weighted by atomic mass is 16.5. The number of rotatable bonds is 17. The van der Waals surface area contributed by atoms with Gasteiger partial charge in [-0.2, -0.15) is 0 Å². The molecule has 0 aliphatic carbocycles. The fourth-order valence-corrected chi connectivity index (χ4v) is 2.39. The molecule has 0 saturated carbocycles. The second kappa shape index (κ2) is 16.4. The fraction of sp³-hybridized carbons (Fsp3) is 0.650. The molecule has 0 aliphatic rings. The van der Waals surface area contributed by atoms with Crippen LogP contribution in [0.4, 0.5) is 0 Å². The number of hydrogen-bond acceptors (Lipinski definition) is 7. The standard InChI is InChI=1S/C20H35N3O5/c21-9-5-4-8-19(22)20(25)23-10-11-26-12-13-27-15-18(24)16-28-14-17-6-2-1-3-7-17/h1-3,6-7,18-19,24H,4-5,8-16,21-22H2,(H,23,25). The Bertz CT molecular complexity index is 504. The van der Waals surface area contributed by atoms with E-state index in [1.807, 2.05) is 30.3 Å². The van der Waals surface area contributed by atoms with Crippen molar-refractivity contribution in [2.75, 3.05) is 46.1 Å². The predicted octanol–water partition coefficient (Wildman–Crippen LogP) is 0.170. The summed E-state index contributed by atoms with van der Waals surface area (Å²) in [6, 6.07) is 9.28. The van der Waals surface area contributed by atoms with E-state index in [-0.39, 0.29) is 19.1 Å². The Morgan fingerprint density at radius 1 is 1.04 bits per heavy atom. The van der Waals surface area contributed by atoms with Crippen LogP contribution < -0.4 is 16.8 Å². The Morgan fingerprint density at radius 2 is 1.75 bits per heavy atom. The van der Waals surface area contributed by atoms with E-state index in [1.165, 1.54) is 0 Å². The monoisotopic (exact) mass is 397 g/mol. The molecule has 0 radical (unpaired) electrons. The molecular weight excluding hydrogens is 362 g/mol. The van der Waals surface area contributed by atoms with E-state index < -0.39 is 12.1 Å². The van der Waals surface area contributed by atoms with Crippen molar-refractivity contribution in [3.8, 4) is 0 Å². The summed E-state index contributed by atoms with van der Waals surface area (Å²) in [6.45, 7) is 3.01. The van der Waals surface area contributed by atoms with Crippen molar-refractivity contribution < 1.29 is 24.1 Å². The summed E-state index contributed by atoms with van der Waals surface area (Å²) in [6.07, 6.45) is 1.68. The van der Waals surface area contributed by atoms with Crippen LogP contribution in [0.2, 0.25) is 0 Å². The highest BCUT2D eigenvalue weighted by Gasteiger charge is 2.11. The molecule has 1 amide bonds. The number of aliphatic hydroxyl groups excluding tert-OH is 1. The Morgan fingerprint density at radius 3 is 2.50 bits per heavy atom. The molecule has 2 unspecified atom stereocenters. The van der Waals surface area contributed by atoms with Crippen molar-refractivity contribution in [3.05, 3.63) is 35.9 Å². The second-order valence-electron chi connectivity index (χ2n) is 6.52. The number of hydrogen-bond donors (Lipinski definition) is 4. The molecule has 1 rings (SSSR count). The Kier molecular flexibility index (Phi) is 14.4. The molecule has 0 saturated heterocycles. The predicted molar refractivity (Wildman–Crippen MR) is 108 cm³/mol. The Labute approximate surface area is 167 Å². The van der Waals surface area contributed by atoms with Gasteiger partial charge in [-0.05, 0) is 24.9 Å². The van der Waals surface area contributed by atoms with E-state index in [4.69, 9.17) is 25.7 Å². The molecule has 0 spiro atoms. The molecule has 1 aromatic carbocycles. The minimum absolute atomic E-state index is 0.171. The van der Waals surface area contributed by atoms with Gasteiger partial charge in [0.25, 0.3) is 0 Å². The lowest BCUT2D eigenvalue weighted by atomic mass is 10.1. The third-order valence-electron chi connectivity index (χ3n) is 3.96. The van der Waals surface area contributed by atoms with Crippen molar-refractivity contribution in [2.45, 2.75) is 38.0 Å². The minimum Gasteiger partial charge on any atom is -0.388 e. The van der Waals surface area contributed by atoms with E-state index in [1.54, 1.807) is 0 Å². The van der Waals surface area contributed by atoms with Crippen LogP contribution >= 0.6 is 0 Å². The van der Waals surface area contributed by atoms with Gasteiger partial charge in [-0.15, -0.1) is 0 Å². The molecule has 8 heteroatoms. The van der Waals surface area contributed by atoms with Crippen LogP contribution in [0, 0.1) is 0 Å². The molecule has 0 heterocycles. The van der Waals surface area contributed by atoms with Gasteiger partial charge in [0, 0.05) is 6.54 Å². The number of nitrogens with two attached hydrogens (primary N) is 2. The minimum atomic E-state index is -0.677. The summed E-state index contributed by atoms with van der Waals surface area (Å²) in [4.78, 5) is 11.7. The van der Waals surface area contributed by atoms with Gasteiger partial charge < -0.3 is 36.1 Å². The number of unbranched alkanes of at least 4 members (excludes halogenated alkanes) is 1. The number of ether oxygens (including phenoxy) is 3. The first-order valence-electron chi connectivity index (χ1n) is 9.82. The number of carbonyl (C=O) groups is 1. The lowest BCUT2D eigenvalue weighted by Gasteiger charge is -2.13. The van der Waals surface area contributed by atoms with Gasteiger partial charge in [-0.3, -0.25) is 4.79 Å². The zero-order valence-electron chi connectivity index (χ0n) is 16.6. The molecule has 0 aromatic heterocycles. The topological polar surface area (TPSA) is 129 Å². The lowest BCUT2D eigenvalue weighted by Crippen LogP contribution is -2.41. The molecule has 160 valence electrons. The molecule has 6 N–H and O–H groups in total. The average molecular weight is 398 g/mol. The van der Waals surface area contributed by atoms with Gasteiger partial charge in [0.15, 0.2) is 0 Å². The van der Waals surface area contributed by atoms with E-state index in [0.717, 1.165) is 18.4 Å². The average Bonchev–Trinajstić information content (AvgIpc) is 2.70. The second-order valence-corrected chi connectivity index (χ2v) is 6.52. The molecule has 0 fully saturated rings. The zero-order valence-corrected chi connectivity index (χ0v) is 16.6. The molecule has 28 heavy (non-hydrogen) atoms. The summed E-state index contributed by atoms with van der Waals surface area (Å²) >= 11 is 0. The maximum absolute atomic E-state index is 11.7. The first-order valence-corrected chi connectivity index (χ1v) is 9.82. The summed E-state index contributed by atoms with van der Waals surface area (Å²) in [7, 11) is 0. The molecular formula is C20H35N3O5. The normalized spacial score (nSPS) is 13.2. The van der Waals surface area contributed by atoms with E-state index in [0.29, 0.717) is 45.9 Å². The number of benzene rings is 1. The summed E-state index contributed by atoms with van der Waals surface area (Å²) < 4.78 is 16.2. The van der Waals surface area contributed by atoms with E-state index in [2.05, 4.69) is 5.32 Å². The summed E-state index contributed by atoms with van der Waals surface area (Å²) in [5, 5.41) is 12.5. The van der Waals surface area contributed by atoms with Crippen LogP contribution in [0.15, 0.2) is 30.3 Å². The third-order valence-corrected chi connectivity index (χ3v) is 3.96. The first kappa shape index (κ1) is 24.5. The molecule has 1 aromatic rings. The van der Waals surface area contributed by atoms with Gasteiger partial charge >= 0.3 is 0 Å². The number of amides is 1. The van der Waals surface area contributed by atoms with Crippen LogP contribution in [-0.4, -0.2) is 69.3 Å². The fourth-order valence-electron chi connectivity index (χ4n) is 2.39. The molecule has 2 atom stereocenters. The van der Waals surface area contributed by atoms with E-state index >= 15 is 0 Å². The van der Waals surface area contributed by atoms with Crippen LogP contribution in [0.5, 0.6) is 0 Å². The maximum Gasteiger partial charge on any atom is 0.236 e. The molecule has 0 bridgehead atoms. The van der Waals surface area contributed by atoms with Crippen molar-refractivity contribution in [1.82, 2.24) is 5.32 Å². The van der Waals surface area contributed by atoms with Crippen LogP contribution in [0.1, 0.15) is 24.8 Å². The quantitative estimate of drug-likeness (QED) is 0.276. The lowest BCUT2D eigenvalue weighted by molar-refractivity contribution is -0.122. The van der Waals surface area contributed by atoms with Gasteiger partial charge in [0.2, 0.25) is 5.91 Å². The highest BCUT2D eigenvalue weighted by molar-refractivity contribution is 5.81. The van der Waals surface area contributed by atoms with Gasteiger partial charge in [0.1, 0.15) is 6.10 Å². The van der Waals surface area contributed by atoms with Crippen molar-refractivity contribution in [2.24, 2.45) is 11.5 Å². The highest BCUT2D eigenvalue weighted by Crippen LogP contribution is 2.01. The van der Waals surface area contributed by atoms with Gasteiger partial charge in [-0.1, -0.05) is 36.8 Å². The largest absolute Gasteiger partial charge is 0.388 e. The van der Waals surface area contributed by atoms with Crippen LogP contribution in [-0.2, 0) is 25.6 Å². The summed E-state index contributed by atoms with van der Waals surface area (Å²) in [5.74, 6) is -0.171. The molecule has 8 nitrogen and oxygen atoms in total. The zero-order chi connectivity index (χ0) is 20.5. The number of aliphatic hydroxyl groups is 1. The van der Waals surface area contributed by atoms with Gasteiger partial charge in [-0.25, -0.2) is 0 Å². The maximum atomic E-state index is 11.7. The number of nitrogens with one attached hydrogen (secondary N) is 1. The van der Waals surface area contributed by atoms with Crippen LogP contribution in [0.3, 0.4) is 0 Å². The van der Waals surface area contributed by atoms with Gasteiger partial charge in [0.05, 0.1) is 45.7 Å². The van der Waals surface area contributed by atoms with E-state index in [9.17, 15) is 9.90 Å². The van der Waals surface area contributed by atoms with Crippen molar-refractivity contribution in [1.29, 1.82) is 0 Å². The smallest absolute Gasteiger partial charge is 0.236 e. The third kappa shape index (κ3) is 12.8. The van der Waals surface area contributed by atoms with Crippen molar-refractivity contribution >= 4 is 5.91 Å². The first-order chi connectivity index (χ1) is 13.6. The summed E-state index contributed by atoms with van der Waals surface area (Å²) in [5.41, 5.74) is 12.3. The number of carbonyl (C=O) groups excluding carboxylic acids is 1. The SMILES string of the molecule is NCCCCC(N)C(=O)NCCOCCOCC(O)COCc1ccccc1. The Hall–Kier alpha value is -1.55. The Balaban J connectivity index is 1.89. The molecule has 0 aliphatic heterocycles.